The van der Waals surface area contributed by atoms with Crippen molar-refractivity contribution in [2.45, 2.75) is 31.3 Å². The first-order valence-corrected chi connectivity index (χ1v) is 11.5. The maximum atomic E-state index is 12.5. The summed E-state index contributed by atoms with van der Waals surface area (Å²) in [5.74, 6) is -0.321. The molecule has 34 heavy (non-hydrogen) atoms. The number of hydrogen-bond donors (Lipinski definition) is 2. The van der Waals surface area contributed by atoms with Crippen LogP contribution in [0, 0.1) is 0 Å². The van der Waals surface area contributed by atoms with Crippen LogP contribution in [0.5, 0.6) is 0 Å². The van der Waals surface area contributed by atoms with Crippen LogP contribution in [0.4, 0.5) is 4.79 Å². The number of methoxy groups -OCH3 is 1. The fraction of sp³-hybridized carbons (Fsp3) is 0.286. The molecule has 0 aromatic heterocycles. The smallest absolute Gasteiger partial charge is 0.407 e. The van der Waals surface area contributed by atoms with Crippen molar-refractivity contribution in [2.24, 2.45) is 0 Å². The molecule has 1 aliphatic rings. The van der Waals surface area contributed by atoms with Crippen LogP contribution < -0.4 is 10.6 Å². The van der Waals surface area contributed by atoms with Crippen molar-refractivity contribution in [1.29, 1.82) is 0 Å². The van der Waals surface area contributed by atoms with Gasteiger partial charge in [-0.1, -0.05) is 78.9 Å². The van der Waals surface area contributed by atoms with E-state index in [9.17, 15) is 9.59 Å². The molecule has 3 aromatic rings. The maximum absolute atomic E-state index is 12.5. The highest BCUT2D eigenvalue weighted by Crippen LogP contribution is 2.44. The quantitative estimate of drug-likeness (QED) is 0.468. The Morgan fingerprint density at radius 2 is 1.47 bits per heavy atom. The predicted octanol–water partition coefficient (Wildman–Crippen LogP) is 4.29. The molecule has 3 aromatic carbocycles. The largest absolute Gasteiger partial charge is 0.468 e. The van der Waals surface area contributed by atoms with Gasteiger partial charge in [0.25, 0.3) is 0 Å². The molecule has 1 amide bonds. The predicted molar refractivity (Wildman–Crippen MR) is 132 cm³/mol. The molecule has 2 atom stereocenters. The van der Waals surface area contributed by atoms with E-state index in [1.807, 2.05) is 61.5 Å². The molecule has 6 nitrogen and oxygen atoms in total. The van der Waals surface area contributed by atoms with E-state index in [0.29, 0.717) is 13.0 Å². The van der Waals surface area contributed by atoms with Crippen LogP contribution in [-0.4, -0.2) is 44.4 Å². The molecule has 4 rings (SSSR count). The lowest BCUT2D eigenvalue weighted by Gasteiger charge is -2.21. The second kappa shape index (κ2) is 11.0. The van der Waals surface area contributed by atoms with Gasteiger partial charge in [-0.2, -0.15) is 0 Å². The Kier molecular flexibility index (Phi) is 7.60. The summed E-state index contributed by atoms with van der Waals surface area (Å²) in [6.45, 7) is 2.53. The van der Waals surface area contributed by atoms with Crippen molar-refractivity contribution in [2.75, 3.05) is 20.3 Å². The van der Waals surface area contributed by atoms with Crippen LogP contribution >= 0.6 is 0 Å². The first-order valence-electron chi connectivity index (χ1n) is 11.5. The van der Waals surface area contributed by atoms with Gasteiger partial charge in [-0.3, -0.25) is 4.79 Å². The van der Waals surface area contributed by atoms with Gasteiger partial charge in [-0.25, -0.2) is 4.79 Å². The minimum Gasteiger partial charge on any atom is -0.468 e. The van der Waals surface area contributed by atoms with Crippen LogP contribution in [0.2, 0.25) is 0 Å². The standard InChI is InChI=1S/C28H30N2O4/c1-19(17-29-26(27(31)33-2)16-20-10-4-3-5-11-20)30-28(32)34-18-25-23-14-8-6-12-21(23)22-13-7-9-15-24(22)25/h3-15,19,25-26,29H,16-18H2,1-2H3,(H,30,32)/t19-,26+/m1/s1. The van der Waals surface area contributed by atoms with Gasteiger partial charge in [-0.05, 0) is 41.2 Å². The highest BCUT2D eigenvalue weighted by molar-refractivity contribution is 5.79. The summed E-state index contributed by atoms with van der Waals surface area (Å²) >= 11 is 0. The summed E-state index contributed by atoms with van der Waals surface area (Å²) in [5.41, 5.74) is 5.76. The van der Waals surface area contributed by atoms with Crippen LogP contribution in [0.15, 0.2) is 78.9 Å². The summed E-state index contributed by atoms with van der Waals surface area (Å²) in [4.78, 5) is 24.7. The SMILES string of the molecule is COC(=O)[C@H](Cc1ccccc1)NC[C@@H](C)NC(=O)OCC1c2ccccc2-c2ccccc21. The van der Waals surface area contributed by atoms with Crippen molar-refractivity contribution in [3.05, 3.63) is 95.6 Å². The van der Waals surface area contributed by atoms with Crippen molar-refractivity contribution in [3.8, 4) is 11.1 Å². The third-order valence-electron chi connectivity index (χ3n) is 6.15. The zero-order valence-electron chi connectivity index (χ0n) is 19.5. The van der Waals surface area contributed by atoms with Crippen molar-refractivity contribution < 1.29 is 19.1 Å². The Morgan fingerprint density at radius 1 is 0.882 bits per heavy atom. The van der Waals surface area contributed by atoms with Crippen molar-refractivity contribution in [3.63, 3.8) is 0 Å². The summed E-state index contributed by atoms with van der Waals surface area (Å²) in [6, 6.07) is 25.5. The minimum atomic E-state index is -0.501. The van der Waals surface area contributed by atoms with Crippen LogP contribution in [0.1, 0.15) is 29.5 Å². The second-order valence-corrected chi connectivity index (χ2v) is 8.54. The topological polar surface area (TPSA) is 76.7 Å². The average Bonchev–Trinajstić information content (AvgIpc) is 3.19. The lowest BCUT2D eigenvalue weighted by molar-refractivity contribution is -0.143. The molecule has 1 aliphatic carbocycles. The molecular formula is C28H30N2O4. The summed E-state index contributed by atoms with van der Waals surface area (Å²) in [6.07, 6.45) is 0.0272. The number of hydrogen-bond acceptors (Lipinski definition) is 5. The lowest BCUT2D eigenvalue weighted by atomic mass is 9.98. The highest BCUT2D eigenvalue weighted by Gasteiger charge is 2.29. The third kappa shape index (κ3) is 5.46. The van der Waals surface area contributed by atoms with E-state index < -0.39 is 12.1 Å². The number of alkyl carbamates (subject to hydrolysis) is 1. The van der Waals surface area contributed by atoms with Crippen molar-refractivity contribution >= 4 is 12.1 Å². The number of fused-ring (bicyclic) bond motifs is 3. The molecule has 2 N–H and O–H groups in total. The van der Waals surface area contributed by atoms with Gasteiger partial charge >= 0.3 is 12.1 Å². The van der Waals surface area contributed by atoms with Crippen LogP contribution in [0.3, 0.4) is 0 Å². The molecule has 6 heteroatoms. The van der Waals surface area contributed by atoms with Gasteiger partial charge < -0.3 is 20.1 Å². The van der Waals surface area contributed by atoms with E-state index in [1.165, 1.54) is 29.4 Å². The number of benzene rings is 3. The molecule has 0 saturated carbocycles. The van der Waals surface area contributed by atoms with Gasteiger partial charge in [0.1, 0.15) is 12.6 Å². The first-order chi connectivity index (χ1) is 16.6. The maximum Gasteiger partial charge on any atom is 0.407 e. The Bertz CT molecular complexity index is 1090. The normalized spacial score (nSPS) is 13.9. The summed E-state index contributed by atoms with van der Waals surface area (Å²) in [7, 11) is 1.38. The molecule has 0 aliphatic heterocycles. The zero-order valence-corrected chi connectivity index (χ0v) is 19.5. The van der Waals surface area contributed by atoms with E-state index >= 15 is 0 Å². The molecular weight excluding hydrogens is 428 g/mol. The molecule has 0 radical (unpaired) electrons. The molecule has 0 spiro atoms. The van der Waals surface area contributed by atoms with Gasteiger partial charge in [0.05, 0.1) is 7.11 Å². The molecule has 176 valence electrons. The highest BCUT2D eigenvalue weighted by atomic mass is 16.5. The molecule has 0 unspecified atom stereocenters. The summed E-state index contributed by atoms with van der Waals surface area (Å²) < 4.78 is 10.5. The van der Waals surface area contributed by atoms with Crippen LogP contribution in [-0.2, 0) is 20.7 Å². The molecule has 0 heterocycles. The van der Waals surface area contributed by atoms with E-state index in [4.69, 9.17) is 9.47 Å². The van der Waals surface area contributed by atoms with Crippen molar-refractivity contribution in [1.82, 2.24) is 10.6 Å². The van der Waals surface area contributed by atoms with E-state index in [-0.39, 0.29) is 24.5 Å². The Balaban J connectivity index is 1.30. The number of nitrogens with one attached hydrogen (secondary N) is 2. The van der Waals surface area contributed by atoms with Gasteiger partial charge in [-0.15, -0.1) is 0 Å². The third-order valence-corrected chi connectivity index (χ3v) is 6.15. The molecule has 0 saturated heterocycles. The monoisotopic (exact) mass is 458 g/mol. The van der Waals surface area contributed by atoms with Gasteiger partial charge in [0.2, 0.25) is 0 Å². The number of carbonyl (C=O) groups is 2. The Morgan fingerprint density at radius 3 is 2.09 bits per heavy atom. The summed E-state index contributed by atoms with van der Waals surface area (Å²) in [5, 5.41) is 6.05. The number of esters is 1. The fourth-order valence-electron chi connectivity index (χ4n) is 4.44. The number of carbonyl (C=O) groups excluding carboxylic acids is 2. The van der Waals surface area contributed by atoms with Gasteiger partial charge in [0, 0.05) is 18.5 Å². The Labute approximate surface area is 200 Å². The minimum absolute atomic E-state index is 0.0150. The van der Waals surface area contributed by atoms with E-state index in [1.54, 1.807) is 0 Å². The second-order valence-electron chi connectivity index (χ2n) is 8.54. The average molecular weight is 459 g/mol. The van der Waals surface area contributed by atoms with Crippen LogP contribution in [0.25, 0.3) is 11.1 Å². The molecule has 0 bridgehead atoms. The number of rotatable bonds is 9. The van der Waals surface area contributed by atoms with Gasteiger partial charge in [0.15, 0.2) is 0 Å². The lowest BCUT2D eigenvalue weighted by Crippen LogP contribution is -2.47. The fourth-order valence-corrected chi connectivity index (χ4v) is 4.44. The number of ether oxygens (including phenoxy) is 2. The number of amides is 1. The van der Waals surface area contributed by atoms with E-state index in [0.717, 1.165) is 5.56 Å². The zero-order chi connectivity index (χ0) is 23.9. The van der Waals surface area contributed by atoms with E-state index in [2.05, 4.69) is 34.9 Å². The Hall–Kier alpha value is -3.64. The molecule has 0 fully saturated rings. The first kappa shape index (κ1) is 23.5.